The molecule has 0 radical (unpaired) electrons. The molecule has 14 rings (SSSR count). The van der Waals surface area contributed by atoms with Crippen LogP contribution < -0.4 is 21.1 Å². The van der Waals surface area contributed by atoms with Crippen molar-refractivity contribution in [2.45, 2.75) is 42.4 Å². The molecule has 13 aromatic rings. The van der Waals surface area contributed by atoms with E-state index in [-0.39, 0.29) is 5.92 Å². The van der Waals surface area contributed by atoms with Gasteiger partial charge in [-0.2, -0.15) is 0 Å². The average Bonchev–Trinajstić information content (AvgIpc) is 2.98. The number of fused-ring (bicyclic) bond motifs is 3. The van der Waals surface area contributed by atoms with Crippen LogP contribution in [0.4, 0.5) is 34.1 Å². The van der Waals surface area contributed by atoms with Gasteiger partial charge in [0.25, 0.3) is 0 Å². The van der Waals surface area contributed by atoms with Crippen LogP contribution in [0.25, 0.3) is 66.4 Å². The van der Waals surface area contributed by atoms with Gasteiger partial charge in [0.05, 0.1) is 16.8 Å². The predicted molar refractivity (Wildman–Crippen MR) is 346 cm³/mol. The van der Waals surface area contributed by atoms with Crippen molar-refractivity contribution >= 4 is 67.8 Å². The van der Waals surface area contributed by atoms with Crippen LogP contribution in [0.3, 0.4) is 0 Å². The lowest BCUT2D eigenvalue weighted by Gasteiger charge is -2.27. The van der Waals surface area contributed by atoms with Gasteiger partial charge in [-0.1, -0.05) is 187 Å². The Balaban J connectivity index is 0.877. The average molecular weight is 1110 g/mol. The number of nitrogens with zero attached hydrogens (tertiary/aromatic N) is 2. The third-order valence-corrected chi connectivity index (χ3v) is 17.3. The van der Waals surface area contributed by atoms with Gasteiger partial charge >= 0.3 is 11.3 Å². The van der Waals surface area contributed by atoms with E-state index in [1.165, 1.54) is 11.1 Å². The van der Waals surface area contributed by atoms with Gasteiger partial charge in [-0.05, 0) is 174 Å². The number of benzene rings is 11. The zero-order chi connectivity index (χ0) is 56.7. The minimum atomic E-state index is -0.449. The highest BCUT2D eigenvalue weighted by molar-refractivity contribution is 7.99. The van der Waals surface area contributed by atoms with Crippen LogP contribution in [-0.4, -0.2) is 0 Å². The quantitative estimate of drug-likeness (QED) is 0.107. The molecular formula is C77H56N2O4S. The van der Waals surface area contributed by atoms with Gasteiger partial charge in [-0.25, -0.2) is 9.59 Å². The zero-order valence-electron chi connectivity index (χ0n) is 46.4. The number of aryl methyl sites for hydroxylation is 3. The van der Waals surface area contributed by atoms with Crippen LogP contribution in [-0.2, 0) is 6.42 Å². The Morgan fingerprint density at radius 2 is 0.869 bits per heavy atom. The Bertz CT molecular complexity index is 4680. The van der Waals surface area contributed by atoms with Gasteiger partial charge in [0.15, 0.2) is 0 Å². The smallest absolute Gasteiger partial charge is 0.344 e. The summed E-state index contributed by atoms with van der Waals surface area (Å²) in [6.45, 7) is 4.17. The van der Waals surface area contributed by atoms with Crippen molar-refractivity contribution in [2.75, 3.05) is 9.80 Å². The van der Waals surface area contributed by atoms with Crippen molar-refractivity contribution in [1.82, 2.24) is 0 Å². The first-order chi connectivity index (χ1) is 41.2. The van der Waals surface area contributed by atoms with E-state index in [4.69, 9.17) is 8.83 Å². The third kappa shape index (κ3) is 10.2. The molecule has 7 heteroatoms. The molecule has 0 fully saturated rings. The molecule has 6 nitrogen and oxygen atoms in total. The lowest BCUT2D eigenvalue weighted by Crippen LogP contribution is -2.11. The van der Waals surface area contributed by atoms with Crippen LogP contribution in [0.5, 0.6) is 0 Å². The summed E-state index contributed by atoms with van der Waals surface area (Å²) < 4.78 is 12.9. The standard InChI is InChI=1S/C77H56N2O4S/c1-50-22-33-59(34-23-50)78(61-37-26-54(27-38-61)52-14-6-3-7-15-52)63-41-30-58-45-69(76(80)82-73(58)46-63)57-32-43-68(70(44-57)67-42-31-56-18-12-13-21-66(56)67)71-49-72-74(83-77(71)81)47-64(48-75(72)84-65-19-10-5-11-20-65)79(60-35-24-51(2)25-36-60)62-39-28-55(29-40-62)53-16-8-4-9-17-53/h3-30,32-41,43-49,67H,31,42H2,1-2H3. The maximum Gasteiger partial charge on any atom is 0.344 e. The number of rotatable bonds is 13. The lowest BCUT2D eigenvalue weighted by molar-refractivity contribution is 0.562. The summed E-state index contributed by atoms with van der Waals surface area (Å²) in [5.74, 6) is -0.0484. The fraction of sp³-hybridized carbons (Fsp3) is 0.0649. The fourth-order valence-electron chi connectivity index (χ4n) is 11.9. The van der Waals surface area contributed by atoms with E-state index in [1.807, 2.05) is 72.8 Å². The maximum absolute atomic E-state index is 15.0. The van der Waals surface area contributed by atoms with Crippen molar-refractivity contribution in [3.8, 4) is 44.5 Å². The first kappa shape index (κ1) is 51.9. The molecule has 84 heavy (non-hydrogen) atoms. The first-order valence-electron chi connectivity index (χ1n) is 28.4. The Morgan fingerprint density at radius 1 is 0.381 bits per heavy atom. The molecule has 2 aromatic heterocycles. The van der Waals surface area contributed by atoms with Crippen molar-refractivity contribution in [3.63, 3.8) is 0 Å². The van der Waals surface area contributed by atoms with Crippen LogP contribution in [0.1, 0.15) is 40.2 Å². The molecule has 1 aliphatic carbocycles. The van der Waals surface area contributed by atoms with Crippen molar-refractivity contribution in [2.24, 2.45) is 0 Å². The second-order valence-electron chi connectivity index (χ2n) is 21.6. The summed E-state index contributed by atoms with van der Waals surface area (Å²) in [6, 6.07) is 93.9. The highest BCUT2D eigenvalue weighted by Crippen LogP contribution is 2.47. The molecule has 0 saturated carbocycles. The van der Waals surface area contributed by atoms with Gasteiger partial charge in [0.2, 0.25) is 0 Å². The number of hydrogen-bond donors (Lipinski definition) is 0. The SMILES string of the molecule is Cc1ccc(N(c2ccc(-c3ccccc3)cc2)c2ccc3cc(-c4ccc(-c5cc6c(Sc7ccccc7)cc(N(c7ccc(C)cc7)c7ccc(-c8ccccc8)cc7)cc6oc5=O)c(C5CCc6ccccc65)c4)c(=O)oc3c2)cc1. The van der Waals surface area contributed by atoms with Gasteiger partial charge in [-0.15, -0.1) is 0 Å². The molecule has 2 heterocycles. The molecule has 1 aliphatic rings. The molecule has 0 saturated heterocycles. The molecule has 0 N–H and O–H groups in total. The molecule has 1 atom stereocenters. The van der Waals surface area contributed by atoms with E-state index in [9.17, 15) is 9.59 Å². The topological polar surface area (TPSA) is 66.9 Å². The Morgan fingerprint density at radius 3 is 1.49 bits per heavy atom. The molecule has 0 aliphatic heterocycles. The van der Waals surface area contributed by atoms with Crippen LogP contribution in [0.15, 0.2) is 301 Å². The second kappa shape index (κ2) is 22.3. The zero-order valence-corrected chi connectivity index (χ0v) is 47.2. The highest BCUT2D eigenvalue weighted by atomic mass is 32.2. The normalized spacial score (nSPS) is 12.8. The van der Waals surface area contributed by atoms with Crippen molar-refractivity contribution in [1.29, 1.82) is 0 Å². The molecule has 1 unspecified atom stereocenters. The molecule has 404 valence electrons. The summed E-state index contributed by atoms with van der Waals surface area (Å²) in [7, 11) is 0. The van der Waals surface area contributed by atoms with E-state index in [2.05, 4.69) is 224 Å². The molecule has 0 spiro atoms. The largest absolute Gasteiger partial charge is 0.422 e. The van der Waals surface area contributed by atoms with Crippen LogP contribution in [0.2, 0.25) is 0 Å². The Kier molecular flexibility index (Phi) is 13.8. The summed E-state index contributed by atoms with van der Waals surface area (Å²) in [5, 5.41) is 1.60. The molecule has 11 aromatic carbocycles. The highest BCUT2D eigenvalue weighted by Gasteiger charge is 2.29. The van der Waals surface area contributed by atoms with E-state index in [0.29, 0.717) is 27.9 Å². The van der Waals surface area contributed by atoms with E-state index in [1.54, 1.807) is 11.8 Å². The summed E-state index contributed by atoms with van der Waals surface area (Å²) in [4.78, 5) is 35.9. The summed E-state index contributed by atoms with van der Waals surface area (Å²) in [5.41, 5.74) is 18.3. The van der Waals surface area contributed by atoms with E-state index in [0.717, 1.165) is 112 Å². The van der Waals surface area contributed by atoms with Gasteiger partial charge in [0, 0.05) is 67.1 Å². The monoisotopic (exact) mass is 1100 g/mol. The Hall–Kier alpha value is -10.2. The minimum Gasteiger partial charge on any atom is -0.422 e. The van der Waals surface area contributed by atoms with Crippen molar-refractivity contribution < 1.29 is 8.83 Å². The summed E-state index contributed by atoms with van der Waals surface area (Å²) in [6.07, 6.45) is 1.73. The predicted octanol–water partition coefficient (Wildman–Crippen LogP) is 20.4. The molecule has 0 amide bonds. The molecule has 0 bridgehead atoms. The van der Waals surface area contributed by atoms with E-state index < -0.39 is 11.3 Å². The van der Waals surface area contributed by atoms with Crippen LogP contribution in [0, 0.1) is 13.8 Å². The molecular weight excluding hydrogens is 1050 g/mol. The van der Waals surface area contributed by atoms with Crippen LogP contribution >= 0.6 is 11.8 Å². The Labute approximate surface area is 492 Å². The third-order valence-electron chi connectivity index (χ3n) is 16.2. The van der Waals surface area contributed by atoms with Gasteiger partial charge < -0.3 is 18.6 Å². The fourth-order valence-corrected chi connectivity index (χ4v) is 12.9. The van der Waals surface area contributed by atoms with Gasteiger partial charge in [-0.3, -0.25) is 0 Å². The summed E-state index contributed by atoms with van der Waals surface area (Å²) >= 11 is 1.64. The first-order valence-corrected chi connectivity index (χ1v) is 29.3. The second-order valence-corrected chi connectivity index (χ2v) is 22.8. The minimum absolute atomic E-state index is 0.0484. The van der Waals surface area contributed by atoms with Gasteiger partial charge in [0.1, 0.15) is 11.2 Å². The number of anilines is 6. The van der Waals surface area contributed by atoms with E-state index >= 15 is 0 Å². The maximum atomic E-state index is 15.0. The lowest BCUT2D eigenvalue weighted by atomic mass is 9.85. The number of hydrogen-bond acceptors (Lipinski definition) is 7. The van der Waals surface area contributed by atoms with Crippen molar-refractivity contribution in [3.05, 3.63) is 322 Å².